The molecule has 2 nitrogen and oxygen atoms in total. The van der Waals surface area contributed by atoms with Crippen LogP contribution in [0, 0.1) is 0 Å². The third-order valence-electron chi connectivity index (χ3n) is 0.678. The molecule has 0 rings (SSSR count). The van der Waals surface area contributed by atoms with E-state index in [9.17, 15) is 0 Å². The highest BCUT2D eigenvalue weighted by molar-refractivity contribution is 6.18. The lowest BCUT2D eigenvalue weighted by Gasteiger charge is -2.00. The van der Waals surface area contributed by atoms with Crippen LogP contribution in [0.2, 0.25) is 0 Å². The normalized spacial score (nSPS) is 14.1. The van der Waals surface area contributed by atoms with Gasteiger partial charge in [-0.2, -0.15) is 0 Å². The van der Waals surface area contributed by atoms with Crippen molar-refractivity contribution in [1.82, 2.24) is 0 Å². The number of aliphatic hydroxyl groups is 1. The van der Waals surface area contributed by atoms with Gasteiger partial charge in [0.05, 0.1) is 6.10 Å². The second-order valence-corrected chi connectivity index (χ2v) is 1.69. The number of alkyl halides is 1. The van der Waals surface area contributed by atoms with E-state index >= 15 is 0 Å². The van der Waals surface area contributed by atoms with Crippen LogP contribution in [0.1, 0.15) is 6.42 Å². The van der Waals surface area contributed by atoms with E-state index in [2.05, 4.69) is 0 Å². The maximum atomic E-state index is 8.65. The third kappa shape index (κ3) is 4.05. The van der Waals surface area contributed by atoms with Gasteiger partial charge in [0.1, 0.15) is 0 Å². The van der Waals surface area contributed by atoms with Gasteiger partial charge in [-0.3, -0.25) is 0 Å². The summed E-state index contributed by atoms with van der Waals surface area (Å²) in [6, 6.07) is 0. The minimum absolute atomic E-state index is 0.289. The molecule has 0 bridgehead atoms. The highest BCUT2D eigenvalue weighted by Gasteiger charge is 1.96. The quantitative estimate of drug-likeness (QED) is 0.517. The maximum absolute atomic E-state index is 8.65. The van der Waals surface area contributed by atoms with Gasteiger partial charge in [-0.05, 0) is 13.0 Å². The van der Waals surface area contributed by atoms with E-state index in [1.165, 1.54) is 0 Å². The first kappa shape index (κ1) is 7.21. The smallest absolute Gasteiger partial charge is 0.0687 e. The Balaban J connectivity index is 2.83. The molecule has 0 saturated heterocycles. The SMILES string of the molecule is NCC[C@H](O)CCl. The van der Waals surface area contributed by atoms with E-state index in [1.54, 1.807) is 0 Å². The molecule has 0 aliphatic carbocycles. The van der Waals surface area contributed by atoms with E-state index in [0.29, 0.717) is 13.0 Å². The van der Waals surface area contributed by atoms with Crippen molar-refractivity contribution in [2.45, 2.75) is 12.5 Å². The van der Waals surface area contributed by atoms with Gasteiger partial charge >= 0.3 is 0 Å². The summed E-state index contributed by atoms with van der Waals surface area (Å²) in [5.41, 5.74) is 5.09. The molecule has 3 heteroatoms. The van der Waals surface area contributed by atoms with Crippen LogP contribution >= 0.6 is 11.6 Å². The lowest BCUT2D eigenvalue weighted by atomic mass is 10.3. The van der Waals surface area contributed by atoms with Gasteiger partial charge in [0.25, 0.3) is 0 Å². The summed E-state index contributed by atoms with van der Waals surface area (Å²) in [6.07, 6.45) is 0.190. The molecule has 0 aromatic carbocycles. The van der Waals surface area contributed by atoms with Crippen molar-refractivity contribution in [1.29, 1.82) is 0 Å². The van der Waals surface area contributed by atoms with Gasteiger partial charge < -0.3 is 10.8 Å². The van der Waals surface area contributed by atoms with Crippen LogP contribution in [0.15, 0.2) is 0 Å². The zero-order valence-electron chi connectivity index (χ0n) is 4.10. The van der Waals surface area contributed by atoms with Gasteiger partial charge in [0, 0.05) is 5.88 Å². The first-order valence-corrected chi connectivity index (χ1v) is 2.78. The fourth-order valence-electron chi connectivity index (χ4n) is 0.270. The number of hydrogen-bond donors (Lipinski definition) is 2. The molecule has 3 N–H and O–H groups in total. The summed E-state index contributed by atoms with van der Waals surface area (Å²) < 4.78 is 0. The third-order valence-corrected chi connectivity index (χ3v) is 1.03. The Morgan fingerprint density at radius 1 is 1.71 bits per heavy atom. The fourth-order valence-corrected chi connectivity index (χ4v) is 0.424. The van der Waals surface area contributed by atoms with Crippen LogP contribution in [0.3, 0.4) is 0 Å². The summed E-state index contributed by atoms with van der Waals surface area (Å²) in [5, 5.41) is 8.65. The average molecular weight is 124 g/mol. The molecule has 7 heavy (non-hydrogen) atoms. The average Bonchev–Trinajstić information content (AvgIpc) is 1.68. The lowest BCUT2D eigenvalue weighted by molar-refractivity contribution is 0.190. The first-order valence-electron chi connectivity index (χ1n) is 2.25. The van der Waals surface area contributed by atoms with E-state index < -0.39 is 6.10 Å². The lowest BCUT2D eigenvalue weighted by Crippen LogP contribution is -2.14. The van der Waals surface area contributed by atoms with Gasteiger partial charge in [-0.25, -0.2) is 0 Å². The summed E-state index contributed by atoms with van der Waals surface area (Å²) in [6.45, 7) is 0.508. The monoisotopic (exact) mass is 123 g/mol. The Bertz CT molecular complexity index is 42.7. The van der Waals surface area contributed by atoms with Crippen molar-refractivity contribution < 1.29 is 5.11 Å². The molecular weight excluding hydrogens is 114 g/mol. The van der Waals surface area contributed by atoms with Crippen molar-refractivity contribution in [2.24, 2.45) is 5.73 Å². The van der Waals surface area contributed by atoms with Crippen molar-refractivity contribution in [3.05, 3.63) is 0 Å². The predicted octanol–water partition coefficient (Wildman–Crippen LogP) is -0.0651. The van der Waals surface area contributed by atoms with Crippen molar-refractivity contribution in [3.63, 3.8) is 0 Å². The second kappa shape index (κ2) is 4.37. The van der Waals surface area contributed by atoms with Crippen molar-refractivity contribution in [3.8, 4) is 0 Å². The number of hydrogen-bond acceptors (Lipinski definition) is 2. The van der Waals surface area contributed by atoms with Gasteiger partial charge in [0.2, 0.25) is 0 Å². The second-order valence-electron chi connectivity index (χ2n) is 1.39. The Morgan fingerprint density at radius 2 is 2.29 bits per heavy atom. The predicted molar refractivity (Wildman–Crippen MR) is 30.4 cm³/mol. The van der Waals surface area contributed by atoms with E-state index in [1.807, 2.05) is 0 Å². The molecule has 0 radical (unpaired) electrons. The molecule has 0 heterocycles. The molecule has 0 saturated carbocycles. The molecule has 0 spiro atoms. The zero-order chi connectivity index (χ0) is 5.70. The zero-order valence-corrected chi connectivity index (χ0v) is 4.86. The van der Waals surface area contributed by atoms with Gasteiger partial charge in [-0.15, -0.1) is 11.6 Å². The van der Waals surface area contributed by atoms with Gasteiger partial charge in [0.15, 0.2) is 0 Å². The summed E-state index contributed by atoms with van der Waals surface area (Å²) >= 11 is 5.23. The molecule has 0 aliphatic heterocycles. The minimum atomic E-state index is -0.410. The Hall–Kier alpha value is 0.210. The minimum Gasteiger partial charge on any atom is -0.392 e. The van der Waals surface area contributed by atoms with E-state index in [0.717, 1.165) is 0 Å². The Kier molecular flexibility index (Phi) is 4.50. The van der Waals surface area contributed by atoms with Crippen LogP contribution in [-0.4, -0.2) is 23.6 Å². The van der Waals surface area contributed by atoms with Crippen LogP contribution in [0.5, 0.6) is 0 Å². The van der Waals surface area contributed by atoms with Crippen molar-refractivity contribution >= 4 is 11.6 Å². The van der Waals surface area contributed by atoms with E-state index in [-0.39, 0.29) is 5.88 Å². The summed E-state index contributed by atoms with van der Waals surface area (Å²) in [5.74, 6) is 0.289. The van der Waals surface area contributed by atoms with Crippen LogP contribution < -0.4 is 5.73 Å². The Labute approximate surface area is 48.3 Å². The molecule has 0 unspecified atom stereocenters. The summed E-state index contributed by atoms with van der Waals surface area (Å²) in [7, 11) is 0. The van der Waals surface area contributed by atoms with Crippen LogP contribution in [0.25, 0.3) is 0 Å². The molecule has 1 atom stereocenters. The van der Waals surface area contributed by atoms with E-state index in [4.69, 9.17) is 22.4 Å². The summed E-state index contributed by atoms with van der Waals surface area (Å²) in [4.78, 5) is 0. The molecular formula is C4H10ClNO. The van der Waals surface area contributed by atoms with Crippen molar-refractivity contribution in [2.75, 3.05) is 12.4 Å². The molecule has 0 aliphatic rings. The molecule has 44 valence electrons. The molecule has 0 aromatic heterocycles. The van der Waals surface area contributed by atoms with Crippen LogP contribution in [0.4, 0.5) is 0 Å². The highest BCUT2D eigenvalue weighted by Crippen LogP contribution is 1.90. The Morgan fingerprint density at radius 3 is 2.43 bits per heavy atom. The van der Waals surface area contributed by atoms with Gasteiger partial charge in [-0.1, -0.05) is 0 Å². The largest absolute Gasteiger partial charge is 0.392 e. The highest BCUT2D eigenvalue weighted by atomic mass is 35.5. The molecule has 0 amide bonds. The standard InChI is InChI=1S/C4H10ClNO/c5-3-4(7)1-2-6/h4,7H,1-3,6H2/t4-/m0/s1. The number of nitrogens with two attached hydrogens (primary N) is 1. The van der Waals surface area contributed by atoms with Crippen LogP contribution in [-0.2, 0) is 0 Å². The fraction of sp³-hybridized carbons (Fsp3) is 1.00. The number of halogens is 1. The molecule has 0 fully saturated rings. The maximum Gasteiger partial charge on any atom is 0.0687 e. The number of aliphatic hydroxyl groups excluding tert-OH is 1. The molecule has 0 aromatic rings. The first-order chi connectivity index (χ1) is 3.31. The number of rotatable bonds is 3. The topological polar surface area (TPSA) is 46.2 Å².